The van der Waals surface area contributed by atoms with Crippen LogP contribution >= 0.6 is 0 Å². The van der Waals surface area contributed by atoms with Gasteiger partial charge in [0, 0.05) is 32.1 Å². The Morgan fingerprint density at radius 1 is 1.19 bits per heavy atom. The van der Waals surface area contributed by atoms with Gasteiger partial charge in [0.15, 0.2) is 0 Å². The van der Waals surface area contributed by atoms with Crippen LogP contribution in [0, 0.1) is 5.92 Å². The first kappa shape index (κ1) is 13.0. The molecule has 0 bridgehead atoms. The number of hydrogen-bond acceptors (Lipinski definition) is 4. The Morgan fingerprint density at radius 3 is 2.19 bits per heavy atom. The van der Waals surface area contributed by atoms with Gasteiger partial charge in [-0.2, -0.15) is 0 Å². The van der Waals surface area contributed by atoms with E-state index in [9.17, 15) is 9.59 Å². The number of piperazine rings is 1. The highest BCUT2D eigenvalue weighted by Crippen LogP contribution is 2.06. The van der Waals surface area contributed by atoms with E-state index < -0.39 is 0 Å². The molecule has 1 heterocycles. The summed E-state index contributed by atoms with van der Waals surface area (Å²) < 4.78 is 4.60. The Balaban J connectivity index is 2.34. The molecule has 1 rings (SSSR count). The van der Waals surface area contributed by atoms with Crippen LogP contribution < -0.4 is 0 Å². The molecule has 1 fully saturated rings. The minimum atomic E-state index is -0.219. The standard InChI is InChI=1S/C11H20N2O3/c1-9(2)11(15)13-6-4-12(5-7-13)8-10(14)16-3/h9H,4-8H2,1-3H3. The maximum atomic E-state index is 11.7. The molecule has 0 aliphatic carbocycles. The Hall–Kier alpha value is -1.10. The van der Waals surface area contributed by atoms with E-state index in [1.54, 1.807) is 0 Å². The van der Waals surface area contributed by atoms with E-state index in [0.717, 1.165) is 13.1 Å². The number of ether oxygens (including phenoxy) is 1. The third kappa shape index (κ3) is 3.48. The van der Waals surface area contributed by atoms with Crippen molar-refractivity contribution in [1.82, 2.24) is 9.80 Å². The van der Waals surface area contributed by atoms with Crippen LogP contribution in [0.15, 0.2) is 0 Å². The van der Waals surface area contributed by atoms with E-state index in [1.807, 2.05) is 23.6 Å². The summed E-state index contributed by atoms with van der Waals surface area (Å²) in [5.41, 5.74) is 0. The molecule has 1 amide bonds. The second-order valence-corrected chi connectivity index (χ2v) is 4.33. The molecule has 0 spiro atoms. The van der Waals surface area contributed by atoms with Gasteiger partial charge in [0.25, 0.3) is 0 Å². The Labute approximate surface area is 96.3 Å². The van der Waals surface area contributed by atoms with Gasteiger partial charge < -0.3 is 9.64 Å². The number of nitrogens with zero attached hydrogens (tertiary/aromatic N) is 2. The molecule has 0 radical (unpaired) electrons. The van der Waals surface area contributed by atoms with Crippen molar-refractivity contribution in [2.45, 2.75) is 13.8 Å². The van der Waals surface area contributed by atoms with Crippen molar-refractivity contribution in [3.05, 3.63) is 0 Å². The number of esters is 1. The first-order valence-electron chi connectivity index (χ1n) is 5.62. The number of carbonyl (C=O) groups is 2. The second kappa shape index (κ2) is 5.84. The highest BCUT2D eigenvalue weighted by atomic mass is 16.5. The number of rotatable bonds is 3. The van der Waals surface area contributed by atoms with Gasteiger partial charge in [-0.05, 0) is 0 Å². The fourth-order valence-electron chi connectivity index (χ4n) is 1.74. The lowest BCUT2D eigenvalue weighted by atomic mass is 10.1. The van der Waals surface area contributed by atoms with E-state index in [2.05, 4.69) is 4.74 Å². The van der Waals surface area contributed by atoms with Crippen LogP contribution in [0.3, 0.4) is 0 Å². The second-order valence-electron chi connectivity index (χ2n) is 4.33. The molecule has 1 saturated heterocycles. The Bertz CT molecular complexity index is 258. The van der Waals surface area contributed by atoms with Gasteiger partial charge in [-0.3, -0.25) is 14.5 Å². The molecule has 0 saturated carbocycles. The lowest BCUT2D eigenvalue weighted by molar-refractivity contribution is -0.143. The van der Waals surface area contributed by atoms with Crippen LogP contribution in [0.25, 0.3) is 0 Å². The van der Waals surface area contributed by atoms with Crippen LogP contribution in [0.4, 0.5) is 0 Å². The van der Waals surface area contributed by atoms with E-state index in [-0.39, 0.29) is 17.8 Å². The van der Waals surface area contributed by atoms with E-state index >= 15 is 0 Å². The fraction of sp³-hybridized carbons (Fsp3) is 0.818. The molecule has 5 heteroatoms. The van der Waals surface area contributed by atoms with Crippen molar-refractivity contribution < 1.29 is 14.3 Å². The lowest BCUT2D eigenvalue weighted by Crippen LogP contribution is -2.50. The molecular weight excluding hydrogens is 208 g/mol. The van der Waals surface area contributed by atoms with Crippen LogP contribution in [-0.2, 0) is 14.3 Å². The molecule has 0 aromatic carbocycles. The van der Waals surface area contributed by atoms with Crippen LogP contribution in [-0.4, -0.2) is 61.5 Å². The van der Waals surface area contributed by atoms with E-state index in [4.69, 9.17) is 0 Å². The molecule has 0 aromatic rings. The zero-order chi connectivity index (χ0) is 12.1. The summed E-state index contributed by atoms with van der Waals surface area (Å²) >= 11 is 0. The molecule has 0 atom stereocenters. The Kier molecular flexibility index (Phi) is 4.73. The normalized spacial score (nSPS) is 17.6. The number of amides is 1. The monoisotopic (exact) mass is 228 g/mol. The van der Waals surface area contributed by atoms with Crippen molar-refractivity contribution >= 4 is 11.9 Å². The molecule has 0 N–H and O–H groups in total. The van der Waals surface area contributed by atoms with Gasteiger partial charge in [-0.25, -0.2) is 0 Å². The predicted molar refractivity (Wildman–Crippen MR) is 59.9 cm³/mol. The van der Waals surface area contributed by atoms with Crippen LogP contribution in [0.1, 0.15) is 13.8 Å². The van der Waals surface area contributed by atoms with E-state index in [1.165, 1.54) is 7.11 Å². The minimum absolute atomic E-state index is 0.0483. The Morgan fingerprint density at radius 2 is 1.75 bits per heavy atom. The van der Waals surface area contributed by atoms with Crippen molar-refractivity contribution in [2.24, 2.45) is 5.92 Å². The summed E-state index contributed by atoms with van der Waals surface area (Å²) in [6.07, 6.45) is 0. The molecule has 16 heavy (non-hydrogen) atoms. The smallest absolute Gasteiger partial charge is 0.319 e. The first-order valence-corrected chi connectivity index (χ1v) is 5.62. The SMILES string of the molecule is COC(=O)CN1CCN(C(=O)C(C)C)CC1. The number of carbonyl (C=O) groups excluding carboxylic acids is 2. The molecule has 0 unspecified atom stereocenters. The lowest BCUT2D eigenvalue weighted by Gasteiger charge is -2.34. The van der Waals surface area contributed by atoms with Gasteiger partial charge in [-0.1, -0.05) is 13.8 Å². The minimum Gasteiger partial charge on any atom is -0.468 e. The predicted octanol–water partition coefficient (Wildman–Crippen LogP) is -0.0404. The summed E-state index contributed by atoms with van der Waals surface area (Å²) in [4.78, 5) is 26.6. The number of hydrogen-bond donors (Lipinski definition) is 0. The fourth-order valence-corrected chi connectivity index (χ4v) is 1.74. The van der Waals surface area contributed by atoms with Gasteiger partial charge in [0.05, 0.1) is 13.7 Å². The third-order valence-corrected chi connectivity index (χ3v) is 2.76. The van der Waals surface area contributed by atoms with Crippen molar-refractivity contribution in [3.63, 3.8) is 0 Å². The third-order valence-electron chi connectivity index (χ3n) is 2.76. The average Bonchev–Trinajstić information content (AvgIpc) is 2.28. The first-order chi connectivity index (χ1) is 7.54. The maximum absolute atomic E-state index is 11.7. The highest BCUT2D eigenvalue weighted by molar-refractivity contribution is 5.78. The van der Waals surface area contributed by atoms with Gasteiger partial charge in [0.1, 0.15) is 0 Å². The van der Waals surface area contributed by atoms with E-state index in [0.29, 0.717) is 19.6 Å². The molecule has 92 valence electrons. The van der Waals surface area contributed by atoms with Gasteiger partial charge in [-0.15, -0.1) is 0 Å². The molecule has 0 aromatic heterocycles. The van der Waals surface area contributed by atoms with Crippen LogP contribution in [0.2, 0.25) is 0 Å². The summed E-state index contributed by atoms with van der Waals surface area (Å²) in [7, 11) is 1.39. The van der Waals surface area contributed by atoms with Gasteiger partial charge >= 0.3 is 5.97 Å². The molecule has 5 nitrogen and oxygen atoms in total. The summed E-state index contributed by atoms with van der Waals surface area (Å²) in [6.45, 7) is 7.02. The maximum Gasteiger partial charge on any atom is 0.319 e. The molecular formula is C11H20N2O3. The topological polar surface area (TPSA) is 49.9 Å². The average molecular weight is 228 g/mol. The van der Waals surface area contributed by atoms with Crippen molar-refractivity contribution in [1.29, 1.82) is 0 Å². The number of methoxy groups -OCH3 is 1. The summed E-state index contributed by atoms with van der Waals surface area (Å²) in [6, 6.07) is 0. The largest absolute Gasteiger partial charge is 0.468 e. The van der Waals surface area contributed by atoms with Gasteiger partial charge in [0.2, 0.25) is 5.91 Å². The van der Waals surface area contributed by atoms with Crippen molar-refractivity contribution in [2.75, 3.05) is 39.8 Å². The highest BCUT2D eigenvalue weighted by Gasteiger charge is 2.23. The molecule has 1 aliphatic heterocycles. The summed E-state index contributed by atoms with van der Waals surface area (Å²) in [5.74, 6) is 0.0218. The zero-order valence-corrected chi connectivity index (χ0v) is 10.2. The quantitative estimate of drug-likeness (QED) is 0.636. The molecule has 1 aliphatic rings. The zero-order valence-electron chi connectivity index (χ0n) is 10.2. The van der Waals surface area contributed by atoms with Crippen LogP contribution in [0.5, 0.6) is 0 Å². The van der Waals surface area contributed by atoms with Crippen molar-refractivity contribution in [3.8, 4) is 0 Å². The summed E-state index contributed by atoms with van der Waals surface area (Å²) in [5, 5.41) is 0.